The van der Waals surface area contributed by atoms with Crippen molar-refractivity contribution in [3.63, 3.8) is 0 Å². The summed E-state index contributed by atoms with van der Waals surface area (Å²) in [6, 6.07) is 7.05. The van der Waals surface area contributed by atoms with Crippen molar-refractivity contribution in [3.05, 3.63) is 57.6 Å². The maximum Gasteiger partial charge on any atom is 0.277 e. The minimum atomic E-state index is -0.321. The van der Waals surface area contributed by atoms with E-state index in [1.54, 1.807) is 44.2 Å². The molecule has 1 aromatic carbocycles. The lowest BCUT2D eigenvalue weighted by Gasteiger charge is -2.08. The summed E-state index contributed by atoms with van der Waals surface area (Å²) in [5, 5.41) is 0. The van der Waals surface area contributed by atoms with Gasteiger partial charge in [0.2, 0.25) is 0 Å². The van der Waals surface area contributed by atoms with Crippen LogP contribution in [0.25, 0.3) is 0 Å². The van der Waals surface area contributed by atoms with Crippen LogP contribution in [0.1, 0.15) is 24.2 Å². The van der Waals surface area contributed by atoms with Gasteiger partial charge in [-0.3, -0.25) is 9.59 Å². The van der Waals surface area contributed by atoms with Crippen LogP contribution in [-0.2, 0) is 4.79 Å². The van der Waals surface area contributed by atoms with E-state index in [2.05, 4.69) is 20.9 Å². The third-order valence-electron chi connectivity index (χ3n) is 2.75. The zero-order valence-corrected chi connectivity index (χ0v) is 12.2. The van der Waals surface area contributed by atoms with Gasteiger partial charge in [0, 0.05) is 10.0 Å². The maximum absolute atomic E-state index is 12.0. The smallest absolute Gasteiger partial charge is 0.277 e. The van der Waals surface area contributed by atoms with Gasteiger partial charge in [0.15, 0.2) is 5.78 Å². The standard InChI is InChI=1S/C15H12BrNO2/c1-9-6-13(7-10(2)14(9)18)17-15(19)11-4-3-5-12(16)8-11/h3-8H,1-2H3. The van der Waals surface area contributed by atoms with Gasteiger partial charge in [-0.2, -0.15) is 0 Å². The fourth-order valence-electron chi connectivity index (χ4n) is 1.80. The molecular formula is C15H12BrNO2. The predicted molar refractivity (Wildman–Crippen MR) is 78.4 cm³/mol. The first-order valence-electron chi connectivity index (χ1n) is 5.77. The summed E-state index contributed by atoms with van der Waals surface area (Å²) in [4.78, 5) is 27.6. The molecule has 1 amide bonds. The highest BCUT2D eigenvalue weighted by Crippen LogP contribution is 2.15. The Hall–Kier alpha value is -1.81. The fourth-order valence-corrected chi connectivity index (χ4v) is 2.19. The molecule has 1 aliphatic carbocycles. The molecule has 0 saturated carbocycles. The number of carbonyl (C=O) groups is 2. The molecular weight excluding hydrogens is 306 g/mol. The molecule has 2 rings (SSSR count). The molecule has 0 bridgehead atoms. The molecule has 96 valence electrons. The van der Waals surface area contributed by atoms with E-state index in [0.717, 1.165) is 4.47 Å². The van der Waals surface area contributed by atoms with E-state index >= 15 is 0 Å². The topological polar surface area (TPSA) is 46.5 Å². The highest BCUT2D eigenvalue weighted by Gasteiger charge is 2.14. The molecule has 0 atom stereocenters. The van der Waals surface area contributed by atoms with Gasteiger partial charge >= 0.3 is 0 Å². The number of carbonyl (C=O) groups excluding carboxylic acids is 2. The number of benzene rings is 1. The summed E-state index contributed by atoms with van der Waals surface area (Å²) in [5.74, 6) is -0.326. The van der Waals surface area contributed by atoms with Crippen LogP contribution >= 0.6 is 15.9 Å². The molecule has 0 radical (unpaired) electrons. The molecule has 4 heteroatoms. The summed E-state index contributed by atoms with van der Waals surface area (Å²) in [6.07, 6.45) is 3.26. The quantitative estimate of drug-likeness (QED) is 0.744. The van der Waals surface area contributed by atoms with E-state index in [4.69, 9.17) is 0 Å². The number of aliphatic imine (C=N–C) groups is 1. The van der Waals surface area contributed by atoms with Crippen molar-refractivity contribution in [2.24, 2.45) is 4.99 Å². The molecule has 0 unspecified atom stereocenters. The van der Waals surface area contributed by atoms with Gasteiger partial charge in [0.05, 0.1) is 5.71 Å². The number of hydrogen-bond acceptors (Lipinski definition) is 2. The summed E-state index contributed by atoms with van der Waals surface area (Å²) >= 11 is 3.31. The second kappa shape index (κ2) is 5.45. The number of allylic oxidation sites excluding steroid dienone is 4. The van der Waals surface area contributed by atoms with E-state index in [0.29, 0.717) is 22.4 Å². The molecule has 3 nitrogen and oxygen atoms in total. The minimum absolute atomic E-state index is 0.00569. The van der Waals surface area contributed by atoms with E-state index < -0.39 is 0 Å². The van der Waals surface area contributed by atoms with E-state index in [1.807, 2.05) is 6.07 Å². The number of rotatable bonds is 1. The van der Waals surface area contributed by atoms with Gasteiger partial charge < -0.3 is 0 Å². The minimum Gasteiger partial charge on any atom is -0.289 e. The lowest BCUT2D eigenvalue weighted by atomic mass is 9.98. The molecule has 0 aromatic heterocycles. The molecule has 0 spiro atoms. The van der Waals surface area contributed by atoms with E-state index in [-0.39, 0.29) is 11.7 Å². The number of Topliss-reactive ketones (excluding diaryl/α,β-unsaturated/α-hetero) is 1. The van der Waals surface area contributed by atoms with Gasteiger partial charge in [-0.05, 0) is 55.3 Å². The summed E-state index contributed by atoms with van der Waals surface area (Å²) < 4.78 is 0.829. The Morgan fingerprint density at radius 1 is 1.16 bits per heavy atom. The van der Waals surface area contributed by atoms with Crippen molar-refractivity contribution < 1.29 is 9.59 Å². The van der Waals surface area contributed by atoms with Crippen molar-refractivity contribution in [1.82, 2.24) is 0 Å². The van der Waals surface area contributed by atoms with Gasteiger partial charge in [0.1, 0.15) is 0 Å². The third kappa shape index (κ3) is 3.15. The first-order valence-corrected chi connectivity index (χ1v) is 6.56. The van der Waals surface area contributed by atoms with Crippen LogP contribution in [0.4, 0.5) is 0 Å². The second-order valence-corrected chi connectivity index (χ2v) is 5.25. The Morgan fingerprint density at radius 2 is 1.79 bits per heavy atom. The van der Waals surface area contributed by atoms with Crippen LogP contribution in [0.5, 0.6) is 0 Å². The first-order chi connectivity index (χ1) is 8.97. The Labute approximate surface area is 119 Å². The van der Waals surface area contributed by atoms with Crippen LogP contribution in [0.15, 0.2) is 57.0 Å². The highest BCUT2D eigenvalue weighted by atomic mass is 79.9. The fraction of sp³-hybridized carbons (Fsp3) is 0.133. The van der Waals surface area contributed by atoms with Crippen LogP contribution in [0.2, 0.25) is 0 Å². The maximum atomic E-state index is 12.0. The third-order valence-corrected chi connectivity index (χ3v) is 3.24. The SMILES string of the molecule is CC1=CC(=NC(=O)c2cccc(Br)c2)C=C(C)C1=O. The van der Waals surface area contributed by atoms with Gasteiger partial charge in [0.25, 0.3) is 5.91 Å². The molecule has 0 heterocycles. The molecule has 0 saturated heterocycles. The second-order valence-electron chi connectivity index (χ2n) is 4.34. The van der Waals surface area contributed by atoms with Gasteiger partial charge in [-0.15, -0.1) is 0 Å². The lowest BCUT2D eigenvalue weighted by molar-refractivity contribution is -0.112. The first kappa shape index (κ1) is 13.6. The Kier molecular flexibility index (Phi) is 3.90. The van der Waals surface area contributed by atoms with Crippen LogP contribution in [0.3, 0.4) is 0 Å². The van der Waals surface area contributed by atoms with E-state index in [1.165, 1.54) is 0 Å². The van der Waals surface area contributed by atoms with Gasteiger partial charge in [-0.1, -0.05) is 22.0 Å². The van der Waals surface area contributed by atoms with Crippen LogP contribution < -0.4 is 0 Å². The average molecular weight is 318 g/mol. The molecule has 0 fully saturated rings. The normalized spacial score (nSPS) is 14.9. The number of halogens is 1. The Balaban J connectivity index is 2.32. The number of hydrogen-bond donors (Lipinski definition) is 0. The largest absolute Gasteiger partial charge is 0.289 e. The lowest BCUT2D eigenvalue weighted by Crippen LogP contribution is -2.12. The molecule has 19 heavy (non-hydrogen) atoms. The number of ketones is 1. The van der Waals surface area contributed by atoms with Gasteiger partial charge in [-0.25, -0.2) is 4.99 Å². The molecule has 1 aromatic rings. The van der Waals surface area contributed by atoms with Crippen molar-refractivity contribution >= 4 is 33.3 Å². The highest BCUT2D eigenvalue weighted by molar-refractivity contribution is 9.10. The zero-order valence-electron chi connectivity index (χ0n) is 10.6. The van der Waals surface area contributed by atoms with Crippen LogP contribution in [0, 0.1) is 0 Å². The monoisotopic (exact) mass is 317 g/mol. The van der Waals surface area contributed by atoms with Crippen molar-refractivity contribution in [2.75, 3.05) is 0 Å². The summed E-state index contributed by atoms with van der Waals surface area (Å²) in [7, 11) is 0. The summed E-state index contributed by atoms with van der Waals surface area (Å²) in [5.41, 5.74) is 2.22. The molecule has 0 aliphatic heterocycles. The average Bonchev–Trinajstić information content (AvgIpc) is 2.36. The van der Waals surface area contributed by atoms with Crippen molar-refractivity contribution in [2.45, 2.75) is 13.8 Å². The number of amides is 1. The van der Waals surface area contributed by atoms with Crippen molar-refractivity contribution in [3.8, 4) is 0 Å². The van der Waals surface area contributed by atoms with Crippen molar-refractivity contribution in [1.29, 1.82) is 0 Å². The zero-order chi connectivity index (χ0) is 14.0. The van der Waals surface area contributed by atoms with E-state index in [9.17, 15) is 9.59 Å². The molecule has 1 aliphatic rings. The summed E-state index contributed by atoms with van der Waals surface area (Å²) in [6.45, 7) is 3.44. The molecule has 0 N–H and O–H groups in total. The van der Waals surface area contributed by atoms with Crippen LogP contribution in [-0.4, -0.2) is 17.4 Å². The predicted octanol–water partition coefficient (Wildman–Crippen LogP) is 3.51. The number of nitrogens with zero attached hydrogens (tertiary/aromatic N) is 1. The Bertz CT molecular complexity index is 630. The Morgan fingerprint density at radius 3 is 2.37 bits per heavy atom.